The Morgan fingerprint density at radius 3 is 2.60 bits per heavy atom. The molecule has 3 saturated heterocycles. The third kappa shape index (κ3) is 11.5. The number of allylic oxidation sites excluding steroid dienone is 2. The number of methoxy groups -OCH3 is 1. The number of epoxide rings is 1. The van der Waals surface area contributed by atoms with Crippen LogP contribution in [0.1, 0.15) is 72.6 Å². The molecule has 1 spiro atoms. The maximum Gasteiger partial charge on any atom is 0.308 e. The van der Waals surface area contributed by atoms with Crippen LogP contribution < -0.4 is 5.32 Å². The van der Waals surface area contributed by atoms with Gasteiger partial charge in [0.1, 0.15) is 6.10 Å². The monoisotopic (exact) mass is 607 g/mol. The van der Waals surface area contributed by atoms with Crippen LogP contribution in [0.3, 0.4) is 0 Å². The van der Waals surface area contributed by atoms with Gasteiger partial charge in [-0.1, -0.05) is 30.7 Å². The lowest BCUT2D eigenvalue weighted by atomic mass is 9.88. The fraction of sp³-hybridized carbons (Fsp3) is 0.719. The molecule has 3 heterocycles. The summed E-state index contributed by atoms with van der Waals surface area (Å²) in [4.78, 5) is 36.2. The highest BCUT2D eigenvalue weighted by atomic mass is 32.2. The van der Waals surface area contributed by atoms with E-state index in [0.29, 0.717) is 13.0 Å². The number of amides is 1. The van der Waals surface area contributed by atoms with Crippen LogP contribution in [-0.2, 0) is 38.1 Å². The molecule has 9 nitrogen and oxygen atoms in total. The lowest BCUT2D eigenvalue weighted by molar-refractivity contribution is -0.147. The molecule has 0 aromatic rings. The van der Waals surface area contributed by atoms with Crippen molar-refractivity contribution in [3.8, 4) is 0 Å². The SMILES string of the molecule is COC(=O)C[C@@H]1C[C@@]2(CO2)C[C@@H](/C=C/C(C)=C/C[C@@H]2O[C@H](C)[C@H](NC(=O)C=CC(C)OC(=O)CCCSC)C[C@@H]2C)O1. The average molecular weight is 608 g/mol. The Bertz CT molecular complexity index is 1010. The molecule has 236 valence electrons. The summed E-state index contributed by atoms with van der Waals surface area (Å²) in [6, 6.07) is -0.0962. The zero-order chi connectivity index (χ0) is 30.7. The van der Waals surface area contributed by atoms with E-state index in [1.807, 2.05) is 13.2 Å². The van der Waals surface area contributed by atoms with Crippen molar-refractivity contribution in [1.29, 1.82) is 0 Å². The van der Waals surface area contributed by atoms with Gasteiger partial charge in [-0.25, -0.2) is 0 Å². The third-order valence-electron chi connectivity index (χ3n) is 8.07. The van der Waals surface area contributed by atoms with E-state index in [4.69, 9.17) is 23.7 Å². The van der Waals surface area contributed by atoms with Gasteiger partial charge < -0.3 is 29.0 Å². The van der Waals surface area contributed by atoms with Crippen LogP contribution in [0.2, 0.25) is 0 Å². The molecule has 1 amide bonds. The largest absolute Gasteiger partial charge is 0.469 e. The van der Waals surface area contributed by atoms with Gasteiger partial charge in [0.2, 0.25) is 5.91 Å². The second-order valence-electron chi connectivity index (χ2n) is 11.9. The van der Waals surface area contributed by atoms with Crippen LogP contribution in [0.15, 0.2) is 36.0 Å². The summed E-state index contributed by atoms with van der Waals surface area (Å²) in [7, 11) is 1.39. The van der Waals surface area contributed by atoms with E-state index in [0.717, 1.165) is 43.4 Å². The van der Waals surface area contributed by atoms with E-state index in [1.54, 1.807) is 24.8 Å². The summed E-state index contributed by atoms with van der Waals surface area (Å²) >= 11 is 1.70. The highest BCUT2D eigenvalue weighted by Crippen LogP contribution is 2.43. The number of carbonyl (C=O) groups excluding carboxylic acids is 3. The van der Waals surface area contributed by atoms with Gasteiger partial charge in [-0.2, -0.15) is 11.8 Å². The van der Waals surface area contributed by atoms with E-state index >= 15 is 0 Å². The zero-order valence-corrected chi connectivity index (χ0v) is 26.8. The van der Waals surface area contributed by atoms with Gasteiger partial charge in [-0.15, -0.1) is 0 Å². The molecule has 3 fully saturated rings. The molecule has 42 heavy (non-hydrogen) atoms. The van der Waals surface area contributed by atoms with E-state index in [1.165, 1.54) is 13.2 Å². The van der Waals surface area contributed by atoms with Crippen LogP contribution >= 0.6 is 11.8 Å². The molecule has 3 aliphatic rings. The third-order valence-corrected chi connectivity index (χ3v) is 8.77. The van der Waals surface area contributed by atoms with Crippen LogP contribution in [-0.4, -0.2) is 85.7 Å². The molecule has 1 unspecified atom stereocenters. The number of carbonyl (C=O) groups is 3. The van der Waals surface area contributed by atoms with Crippen molar-refractivity contribution in [3.05, 3.63) is 36.0 Å². The van der Waals surface area contributed by atoms with Gasteiger partial charge in [0.15, 0.2) is 0 Å². The quantitative estimate of drug-likeness (QED) is 0.0988. The lowest BCUT2D eigenvalue weighted by Crippen LogP contribution is -2.50. The first-order valence-corrected chi connectivity index (χ1v) is 16.5. The van der Waals surface area contributed by atoms with Gasteiger partial charge in [-0.3, -0.25) is 14.4 Å². The fourth-order valence-corrected chi connectivity index (χ4v) is 5.94. The fourth-order valence-electron chi connectivity index (χ4n) is 5.51. The van der Waals surface area contributed by atoms with Gasteiger partial charge in [0.05, 0.1) is 56.2 Å². The maximum atomic E-state index is 12.5. The summed E-state index contributed by atoms with van der Waals surface area (Å²) in [5.41, 5.74) is 0.952. The van der Waals surface area contributed by atoms with E-state index < -0.39 is 6.10 Å². The Morgan fingerprint density at radius 1 is 1.14 bits per heavy atom. The zero-order valence-electron chi connectivity index (χ0n) is 26.0. The van der Waals surface area contributed by atoms with Crippen LogP contribution in [0, 0.1) is 5.92 Å². The van der Waals surface area contributed by atoms with Crippen molar-refractivity contribution in [3.63, 3.8) is 0 Å². The molecular formula is C32H49NO8S. The molecule has 0 aliphatic carbocycles. The van der Waals surface area contributed by atoms with Crippen LogP contribution in [0.4, 0.5) is 0 Å². The van der Waals surface area contributed by atoms with Crippen LogP contribution in [0.25, 0.3) is 0 Å². The Labute approximate surface area is 255 Å². The summed E-state index contributed by atoms with van der Waals surface area (Å²) in [6.45, 7) is 8.66. The molecule has 0 radical (unpaired) electrons. The molecule has 10 heteroatoms. The summed E-state index contributed by atoms with van der Waals surface area (Å²) in [6.07, 6.45) is 15.0. The summed E-state index contributed by atoms with van der Waals surface area (Å²) in [5, 5.41) is 3.05. The van der Waals surface area contributed by atoms with Gasteiger partial charge in [0, 0.05) is 25.3 Å². The minimum atomic E-state index is -0.459. The summed E-state index contributed by atoms with van der Waals surface area (Å²) in [5.74, 6) is 0.448. The number of nitrogens with one attached hydrogen (secondary N) is 1. The number of thioether (sulfide) groups is 1. The molecule has 1 N–H and O–H groups in total. The Kier molecular flexibility index (Phi) is 13.6. The van der Waals surface area contributed by atoms with Crippen molar-refractivity contribution in [1.82, 2.24) is 5.32 Å². The lowest BCUT2D eigenvalue weighted by Gasteiger charge is -2.39. The van der Waals surface area contributed by atoms with Gasteiger partial charge in [-0.05, 0) is 64.0 Å². The number of hydrogen-bond donors (Lipinski definition) is 1. The second kappa shape index (κ2) is 16.6. The second-order valence-corrected chi connectivity index (χ2v) is 12.8. The van der Waals surface area contributed by atoms with Crippen LogP contribution in [0.5, 0.6) is 0 Å². The minimum Gasteiger partial charge on any atom is -0.469 e. The van der Waals surface area contributed by atoms with Crippen molar-refractivity contribution < 1.29 is 38.1 Å². The topological polar surface area (TPSA) is 113 Å². The van der Waals surface area contributed by atoms with E-state index in [-0.39, 0.29) is 66.2 Å². The standard InChI is InChI=1S/C32H49NO8S/c1-21(9-12-25-18-32(20-38-32)19-26(41-25)17-31(36)37-5)10-13-28-22(2)16-27(24(4)40-28)33-29(34)14-11-23(3)39-30(35)8-7-15-42-6/h9-12,14,22-28H,7-8,13,15-20H2,1-6H3,(H,33,34)/b12-9+,14-11?,21-10+/t22-,23?,24+,25+,26+,27+,28-,32+/m0/s1. The number of ether oxygens (including phenoxy) is 5. The molecule has 0 saturated carbocycles. The Balaban J connectivity index is 1.42. The smallest absolute Gasteiger partial charge is 0.308 e. The van der Waals surface area contributed by atoms with Crippen molar-refractivity contribution >= 4 is 29.6 Å². The predicted octanol–water partition coefficient (Wildman–Crippen LogP) is 4.69. The maximum absolute atomic E-state index is 12.5. The van der Waals surface area contributed by atoms with Gasteiger partial charge in [0.25, 0.3) is 0 Å². The number of hydrogen-bond acceptors (Lipinski definition) is 9. The molecule has 0 aromatic heterocycles. The highest BCUT2D eigenvalue weighted by Gasteiger charge is 2.51. The van der Waals surface area contributed by atoms with E-state index in [2.05, 4.69) is 37.4 Å². The molecule has 3 aliphatic heterocycles. The minimum absolute atomic E-state index is 0.0519. The van der Waals surface area contributed by atoms with Gasteiger partial charge >= 0.3 is 11.9 Å². The molecule has 0 aromatic carbocycles. The van der Waals surface area contributed by atoms with E-state index in [9.17, 15) is 14.4 Å². The molecular weight excluding hydrogens is 558 g/mol. The molecule has 0 bridgehead atoms. The number of rotatable bonds is 14. The summed E-state index contributed by atoms with van der Waals surface area (Å²) < 4.78 is 28.3. The predicted molar refractivity (Wildman–Crippen MR) is 163 cm³/mol. The molecule has 3 rings (SSSR count). The first kappa shape index (κ1) is 34.4. The highest BCUT2D eigenvalue weighted by molar-refractivity contribution is 7.98. The van der Waals surface area contributed by atoms with Crippen molar-refractivity contribution in [2.75, 3.05) is 25.7 Å². The average Bonchev–Trinajstić information content (AvgIpc) is 3.68. The van der Waals surface area contributed by atoms with Crippen molar-refractivity contribution in [2.45, 2.75) is 115 Å². The first-order valence-electron chi connectivity index (χ1n) is 15.1. The normalized spacial score (nSPS) is 32.2. The van der Waals surface area contributed by atoms with Crippen molar-refractivity contribution in [2.24, 2.45) is 5.92 Å². The Morgan fingerprint density at radius 2 is 1.90 bits per heavy atom. The Hall–Kier alpha value is -2.14. The molecule has 8 atom stereocenters. The first-order chi connectivity index (χ1) is 20.0. The number of esters is 2.